The molecule has 0 saturated carbocycles. The van der Waals surface area contributed by atoms with E-state index in [4.69, 9.17) is 9.47 Å². The smallest absolute Gasteiger partial charge is 0.325 e. The van der Waals surface area contributed by atoms with Crippen LogP contribution in [0.4, 0.5) is 4.79 Å². The minimum atomic E-state index is -1.15. The molecule has 1 saturated heterocycles. The van der Waals surface area contributed by atoms with Crippen LogP contribution in [0.3, 0.4) is 0 Å². The van der Waals surface area contributed by atoms with Gasteiger partial charge in [-0.3, -0.25) is 9.69 Å². The third-order valence-electron chi connectivity index (χ3n) is 4.70. The molecule has 2 aromatic rings. The highest BCUT2D eigenvalue weighted by molar-refractivity contribution is 6.07. The van der Waals surface area contributed by atoms with Gasteiger partial charge in [-0.2, -0.15) is 0 Å². The van der Waals surface area contributed by atoms with Gasteiger partial charge >= 0.3 is 6.03 Å². The number of amides is 3. The van der Waals surface area contributed by atoms with Crippen molar-refractivity contribution in [1.29, 1.82) is 0 Å². The second-order valence-electron chi connectivity index (χ2n) is 6.50. The van der Waals surface area contributed by atoms with Crippen molar-refractivity contribution in [3.8, 4) is 11.5 Å². The molecule has 136 valence electrons. The van der Waals surface area contributed by atoms with Gasteiger partial charge in [0.15, 0.2) is 11.5 Å². The maximum absolute atomic E-state index is 13.0. The van der Waals surface area contributed by atoms with Gasteiger partial charge in [-0.05, 0) is 37.1 Å². The van der Waals surface area contributed by atoms with Gasteiger partial charge in [0, 0.05) is 0 Å². The number of imide groups is 1. The number of hydrogen-bond acceptors (Lipinski definition) is 4. The van der Waals surface area contributed by atoms with Gasteiger partial charge < -0.3 is 14.8 Å². The van der Waals surface area contributed by atoms with Crippen LogP contribution in [0.25, 0.3) is 0 Å². The zero-order chi connectivity index (χ0) is 18.9. The van der Waals surface area contributed by atoms with Gasteiger partial charge in [0.05, 0.1) is 20.8 Å². The fourth-order valence-corrected chi connectivity index (χ4v) is 3.06. The molecule has 26 heavy (non-hydrogen) atoms. The second kappa shape index (κ2) is 6.71. The Bertz CT molecular complexity index is 847. The molecule has 3 rings (SSSR count). The average molecular weight is 354 g/mol. The largest absolute Gasteiger partial charge is 0.493 e. The van der Waals surface area contributed by atoms with Crippen molar-refractivity contribution >= 4 is 11.9 Å². The van der Waals surface area contributed by atoms with Crippen LogP contribution in [0, 0.1) is 6.92 Å². The molecule has 1 aliphatic rings. The minimum absolute atomic E-state index is 0.230. The molecule has 1 atom stereocenters. The summed E-state index contributed by atoms with van der Waals surface area (Å²) >= 11 is 0. The number of benzene rings is 2. The number of carbonyl (C=O) groups is 2. The lowest BCUT2D eigenvalue weighted by molar-refractivity contribution is -0.131. The van der Waals surface area contributed by atoms with E-state index in [-0.39, 0.29) is 12.5 Å². The Morgan fingerprint density at radius 3 is 2.27 bits per heavy atom. The number of urea groups is 1. The first-order valence-corrected chi connectivity index (χ1v) is 8.31. The van der Waals surface area contributed by atoms with Crippen LogP contribution in [0.15, 0.2) is 42.5 Å². The Morgan fingerprint density at radius 2 is 1.65 bits per heavy atom. The van der Waals surface area contributed by atoms with Gasteiger partial charge in [0.1, 0.15) is 5.54 Å². The first-order valence-electron chi connectivity index (χ1n) is 8.31. The molecular weight excluding hydrogens is 332 g/mol. The van der Waals surface area contributed by atoms with Crippen molar-refractivity contribution in [1.82, 2.24) is 10.2 Å². The highest BCUT2D eigenvalue weighted by atomic mass is 16.5. The number of methoxy groups -OCH3 is 2. The monoisotopic (exact) mass is 354 g/mol. The summed E-state index contributed by atoms with van der Waals surface area (Å²) < 4.78 is 10.6. The van der Waals surface area contributed by atoms with Crippen LogP contribution in [0.2, 0.25) is 0 Å². The molecule has 6 heteroatoms. The number of ether oxygens (including phenoxy) is 2. The summed E-state index contributed by atoms with van der Waals surface area (Å²) in [5.41, 5.74) is 1.51. The van der Waals surface area contributed by atoms with Crippen molar-refractivity contribution in [3.63, 3.8) is 0 Å². The van der Waals surface area contributed by atoms with Crippen molar-refractivity contribution < 1.29 is 19.1 Å². The molecule has 2 aromatic carbocycles. The lowest BCUT2D eigenvalue weighted by atomic mass is 9.91. The Hall–Kier alpha value is -3.02. The lowest BCUT2D eigenvalue weighted by Crippen LogP contribution is -2.40. The molecule has 1 N–H and O–H groups in total. The molecular formula is C20H22N2O4. The average Bonchev–Trinajstić information content (AvgIpc) is 2.87. The van der Waals surface area contributed by atoms with Gasteiger partial charge in [-0.25, -0.2) is 4.79 Å². The maximum atomic E-state index is 13.0. The lowest BCUT2D eigenvalue weighted by Gasteiger charge is -2.23. The molecule has 1 fully saturated rings. The van der Waals surface area contributed by atoms with E-state index < -0.39 is 11.6 Å². The number of aryl methyl sites for hydroxylation is 1. The predicted octanol–water partition coefficient (Wildman–Crippen LogP) is 2.98. The van der Waals surface area contributed by atoms with Gasteiger partial charge in [-0.15, -0.1) is 0 Å². The molecule has 6 nitrogen and oxygen atoms in total. The van der Waals surface area contributed by atoms with Gasteiger partial charge in [0.2, 0.25) is 0 Å². The molecule has 0 aliphatic carbocycles. The number of nitrogens with one attached hydrogen (secondary N) is 1. The zero-order valence-electron chi connectivity index (χ0n) is 15.3. The van der Waals surface area contributed by atoms with Crippen molar-refractivity contribution in [2.75, 3.05) is 14.2 Å². The Balaban J connectivity index is 1.90. The number of nitrogens with zero attached hydrogens (tertiary/aromatic N) is 1. The molecule has 0 aromatic heterocycles. The summed E-state index contributed by atoms with van der Waals surface area (Å²) in [4.78, 5) is 26.7. The third kappa shape index (κ3) is 2.98. The molecule has 0 bridgehead atoms. The summed E-state index contributed by atoms with van der Waals surface area (Å²) in [7, 11) is 3.08. The van der Waals surface area contributed by atoms with Crippen molar-refractivity contribution in [3.05, 3.63) is 59.2 Å². The van der Waals surface area contributed by atoms with E-state index in [0.29, 0.717) is 17.1 Å². The predicted molar refractivity (Wildman–Crippen MR) is 97.2 cm³/mol. The molecule has 0 spiro atoms. The molecule has 1 aliphatic heterocycles. The highest BCUT2D eigenvalue weighted by Gasteiger charge is 2.49. The zero-order valence-corrected chi connectivity index (χ0v) is 15.3. The number of hydrogen-bond donors (Lipinski definition) is 1. The van der Waals surface area contributed by atoms with E-state index in [1.165, 1.54) is 12.0 Å². The number of rotatable bonds is 5. The normalized spacial score (nSPS) is 19.5. The van der Waals surface area contributed by atoms with Crippen LogP contribution in [-0.2, 0) is 16.9 Å². The Morgan fingerprint density at radius 1 is 1.00 bits per heavy atom. The molecule has 0 unspecified atom stereocenters. The van der Waals surface area contributed by atoms with Crippen LogP contribution in [0.1, 0.15) is 23.6 Å². The summed E-state index contributed by atoms with van der Waals surface area (Å²) in [6.07, 6.45) is 0. The fraction of sp³-hybridized carbons (Fsp3) is 0.300. The quantitative estimate of drug-likeness (QED) is 0.838. The van der Waals surface area contributed by atoms with E-state index in [0.717, 1.165) is 11.1 Å². The topological polar surface area (TPSA) is 67.9 Å². The summed E-state index contributed by atoms with van der Waals surface area (Å²) in [6, 6.07) is 12.5. The Labute approximate surface area is 152 Å². The van der Waals surface area contributed by atoms with Crippen LogP contribution < -0.4 is 14.8 Å². The second-order valence-corrected chi connectivity index (χ2v) is 6.50. The minimum Gasteiger partial charge on any atom is -0.493 e. The van der Waals surface area contributed by atoms with E-state index >= 15 is 0 Å². The van der Waals surface area contributed by atoms with Gasteiger partial charge in [-0.1, -0.05) is 35.9 Å². The number of carbonyl (C=O) groups excluding carboxylic acids is 2. The first-order chi connectivity index (χ1) is 12.4. The third-order valence-corrected chi connectivity index (χ3v) is 4.70. The first kappa shape index (κ1) is 17.8. The fourth-order valence-electron chi connectivity index (χ4n) is 3.06. The van der Waals surface area contributed by atoms with Crippen LogP contribution in [0.5, 0.6) is 11.5 Å². The standard InChI is InChI=1S/C20H22N2O4/c1-13-5-7-14(8-6-13)12-22-18(23)20(2,21-19(22)24)15-9-10-16(25-3)17(11-15)26-4/h5-11H,12H2,1-4H3,(H,21,24)/t20-/m0/s1. The van der Waals surface area contributed by atoms with Crippen molar-refractivity contribution in [2.24, 2.45) is 0 Å². The Kier molecular flexibility index (Phi) is 4.59. The van der Waals surface area contributed by atoms with E-state index in [1.807, 2.05) is 31.2 Å². The van der Waals surface area contributed by atoms with Crippen LogP contribution >= 0.6 is 0 Å². The SMILES string of the molecule is COc1ccc([C@]2(C)NC(=O)N(Cc3ccc(C)cc3)C2=O)cc1OC. The summed E-state index contributed by atoms with van der Waals surface area (Å²) in [6.45, 7) is 3.92. The van der Waals surface area contributed by atoms with Gasteiger partial charge in [0.25, 0.3) is 5.91 Å². The van der Waals surface area contributed by atoms with Crippen LogP contribution in [-0.4, -0.2) is 31.1 Å². The van der Waals surface area contributed by atoms with Crippen molar-refractivity contribution in [2.45, 2.75) is 25.9 Å². The molecule has 0 radical (unpaired) electrons. The maximum Gasteiger partial charge on any atom is 0.325 e. The van der Waals surface area contributed by atoms with E-state index in [1.54, 1.807) is 32.2 Å². The summed E-state index contributed by atoms with van der Waals surface area (Å²) in [5.74, 6) is 0.772. The molecule has 3 amide bonds. The summed E-state index contributed by atoms with van der Waals surface area (Å²) in [5, 5.41) is 2.81. The molecule has 1 heterocycles. The van der Waals surface area contributed by atoms with E-state index in [2.05, 4.69) is 5.32 Å². The highest BCUT2D eigenvalue weighted by Crippen LogP contribution is 2.35. The van der Waals surface area contributed by atoms with E-state index in [9.17, 15) is 9.59 Å².